The molecular weight excluding hydrogens is 214 g/mol. The second-order valence-electron chi connectivity index (χ2n) is 4.52. The van der Waals surface area contributed by atoms with Crippen LogP contribution in [0.4, 0.5) is 0 Å². The fourth-order valence-corrected chi connectivity index (χ4v) is 2.52. The number of aromatic nitrogens is 2. The molecule has 1 aromatic heterocycles. The number of benzene rings is 1. The number of rotatable bonds is 2. The largest absolute Gasteiger partial charge is 0.370 e. The topological polar surface area (TPSA) is 53.1 Å². The van der Waals surface area contributed by atoms with Gasteiger partial charge >= 0.3 is 0 Å². The van der Waals surface area contributed by atoms with Gasteiger partial charge in [-0.05, 0) is 24.5 Å². The molecule has 1 saturated heterocycles. The predicted octanol–water partition coefficient (Wildman–Crippen LogP) is 1.88. The Morgan fingerprint density at radius 2 is 2.41 bits per heavy atom. The van der Waals surface area contributed by atoms with E-state index >= 15 is 0 Å². The Morgan fingerprint density at radius 1 is 1.53 bits per heavy atom. The van der Waals surface area contributed by atoms with E-state index in [-0.39, 0.29) is 6.10 Å². The minimum Gasteiger partial charge on any atom is -0.370 e. The van der Waals surface area contributed by atoms with Crippen molar-refractivity contribution in [2.75, 3.05) is 6.61 Å². The van der Waals surface area contributed by atoms with Crippen LogP contribution in [0.3, 0.4) is 0 Å². The number of nitrogens with two attached hydrogens (primary N) is 1. The van der Waals surface area contributed by atoms with E-state index in [9.17, 15) is 0 Å². The fraction of sp³-hybridized carbons (Fsp3) is 0.462. The Kier molecular flexibility index (Phi) is 2.61. The van der Waals surface area contributed by atoms with Gasteiger partial charge in [-0.15, -0.1) is 0 Å². The van der Waals surface area contributed by atoms with Crippen molar-refractivity contribution in [3.05, 3.63) is 29.6 Å². The van der Waals surface area contributed by atoms with Crippen molar-refractivity contribution in [3.8, 4) is 0 Å². The number of ether oxygens (including phenoxy) is 1. The molecule has 90 valence electrons. The van der Waals surface area contributed by atoms with Gasteiger partial charge in [-0.25, -0.2) is 4.98 Å². The van der Waals surface area contributed by atoms with Gasteiger partial charge in [0.2, 0.25) is 0 Å². The summed E-state index contributed by atoms with van der Waals surface area (Å²) in [5, 5.41) is 0. The first-order chi connectivity index (χ1) is 8.31. The molecule has 4 heteroatoms. The molecule has 1 aromatic carbocycles. The van der Waals surface area contributed by atoms with Gasteiger partial charge in [0, 0.05) is 20.2 Å². The fourth-order valence-electron chi connectivity index (χ4n) is 2.52. The number of hydrogen-bond acceptors (Lipinski definition) is 3. The highest BCUT2D eigenvalue weighted by Gasteiger charge is 2.23. The molecule has 1 unspecified atom stereocenters. The van der Waals surface area contributed by atoms with E-state index in [1.165, 1.54) is 0 Å². The Bertz CT molecular complexity index is 541. The molecule has 0 spiro atoms. The first-order valence-electron chi connectivity index (χ1n) is 6.07. The van der Waals surface area contributed by atoms with Gasteiger partial charge in [-0.3, -0.25) is 0 Å². The summed E-state index contributed by atoms with van der Waals surface area (Å²) in [6, 6.07) is 6.15. The molecule has 2 heterocycles. The molecule has 0 bridgehead atoms. The summed E-state index contributed by atoms with van der Waals surface area (Å²) in [6.07, 6.45) is 2.34. The average Bonchev–Trinajstić information content (AvgIpc) is 2.97. The summed E-state index contributed by atoms with van der Waals surface area (Å²) in [6.45, 7) is 1.37. The second kappa shape index (κ2) is 4.13. The third-order valence-corrected chi connectivity index (χ3v) is 3.47. The van der Waals surface area contributed by atoms with Crippen LogP contribution in [0.25, 0.3) is 11.0 Å². The quantitative estimate of drug-likeness (QED) is 0.858. The number of hydrogen-bond donors (Lipinski definition) is 1. The zero-order valence-electron chi connectivity index (χ0n) is 10.0. The highest BCUT2D eigenvalue weighted by atomic mass is 16.5. The molecule has 3 rings (SSSR count). The molecule has 4 nitrogen and oxygen atoms in total. The third kappa shape index (κ3) is 1.64. The van der Waals surface area contributed by atoms with Gasteiger partial charge in [0.05, 0.1) is 11.0 Å². The lowest BCUT2D eigenvalue weighted by molar-refractivity contribution is 0.103. The minimum absolute atomic E-state index is 0.151. The molecule has 0 saturated carbocycles. The molecule has 1 fully saturated rings. The van der Waals surface area contributed by atoms with Crippen LogP contribution in [0.5, 0.6) is 0 Å². The molecule has 2 N–H and O–H groups in total. The number of imidazole rings is 1. The summed E-state index contributed by atoms with van der Waals surface area (Å²) >= 11 is 0. The molecule has 1 atom stereocenters. The lowest BCUT2D eigenvalue weighted by atomic mass is 10.2. The van der Waals surface area contributed by atoms with E-state index in [4.69, 9.17) is 15.5 Å². The second-order valence-corrected chi connectivity index (χ2v) is 4.52. The number of aryl methyl sites for hydroxylation is 1. The lowest BCUT2D eigenvalue weighted by Gasteiger charge is -2.08. The van der Waals surface area contributed by atoms with Crippen molar-refractivity contribution < 1.29 is 4.74 Å². The van der Waals surface area contributed by atoms with Crippen LogP contribution >= 0.6 is 0 Å². The van der Waals surface area contributed by atoms with Crippen LogP contribution in [0.2, 0.25) is 0 Å². The van der Waals surface area contributed by atoms with Crippen molar-refractivity contribution in [2.24, 2.45) is 12.8 Å². The van der Waals surface area contributed by atoms with Crippen LogP contribution in [-0.2, 0) is 18.3 Å². The smallest absolute Gasteiger partial charge is 0.138 e. The van der Waals surface area contributed by atoms with Gasteiger partial charge < -0.3 is 15.0 Å². The number of fused-ring (bicyclic) bond motifs is 1. The molecule has 0 amide bonds. The van der Waals surface area contributed by atoms with Crippen molar-refractivity contribution in [1.29, 1.82) is 0 Å². The maximum absolute atomic E-state index is 5.75. The van der Waals surface area contributed by atoms with Crippen LogP contribution in [0.15, 0.2) is 18.2 Å². The van der Waals surface area contributed by atoms with Gasteiger partial charge in [-0.1, -0.05) is 12.1 Å². The standard InChI is InChI=1S/C13H17N3O/c1-16-10-5-2-4-9(8-14)12(10)15-13(16)11-6-3-7-17-11/h2,4-5,11H,3,6-8,14H2,1H3. The van der Waals surface area contributed by atoms with Gasteiger partial charge in [-0.2, -0.15) is 0 Å². The summed E-state index contributed by atoms with van der Waals surface area (Å²) in [4.78, 5) is 4.72. The highest BCUT2D eigenvalue weighted by molar-refractivity contribution is 5.79. The number of nitrogens with zero attached hydrogens (tertiary/aromatic N) is 2. The van der Waals surface area contributed by atoms with Crippen LogP contribution < -0.4 is 5.73 Å². The predicted molar refractivity (Wildman–Crippen MR) is 66.5 cm³/mol. The van der Waals surface area contributed by atoms with Crippen molar-refractivity contribution in [1.82, 2.24) is 9.55 Å². The Balaban J connectivity index is 2.16. The molecular formula is C13H17N3O. The normalized spacial score (nSPS) is 20.2. The minimum atomic E-state index is 0.151. The monoisotopic (exact) mass is 231 g/mol. The Hall–Kier alpha value is -1.39. The first kappa shape index (κ1) is 10.7. The van der Waals surface area contributed by atoms with Crippen molar-refractivity contribution >= 4 is 11.0 Å². The zero-order valence-corrected chi connectivity index (χ0v) is 10.0. The van der Waals surface area contributed by atoms with E-state index in [1.807, 2.05) is 19.2 Å². The Morgan fingerprint density at radius 3 is 3.12 bits per heavy atom. The van der Waals surface area contributed by atoms with Crippen LogP contribution in [-0.4, -0.2) is 16.2 Å². The number of para-hydroxylation sites is 1. The molecule has 17 heavy (non-hydrogen) atoms. The summed E-state index contributed by atoms with van der Waals surface area (Å²) < 4.78 is 7.84. The van der Waals surface area contributed by atoms with E-state index < -0.39 is 0 Å². The highest BCUT2D eigenvalue weighted by Crippen LogP contribution is 2.30. The van der Waals surface area contributed by atoms with Gasteiger partial charge in [0.1, 0.15) is 11.9 Å². The van der Waals surface area contributed by atoms with Gasteiger partial charge in [0.25, 0.3) is 0 Å². The first-order valence-corrected chi connectivity index (χ1v) is 6.07. The molecule has 0 aliphatic carbocycles. The van der Waals surface area contributed by atoms with E-state index in [2.05, 4.69) is 10.6 Å². The zero-order chi connectivity index (χ0) is 11.8. The summed E-state index contributed by atoms with van der Waals surface area (Å²) in [5.41, 5.74) is 9.00. The lowest BCUT2D eigenvalue weighted by Crippen LogP contribution is -2.04. The van der Waals surface area contributed by atoms with Crippen LogP contribution in [0, 0.1) is 0 Å². The summed E-state index contributed by atoms with van der Waals surface area (Å²) in [7, 11) is 2.05. The van der Waals surface area contributed by atoms with E-state index in [0.717, 1.165) is 41.9 Å². The maximum atomic E-state index is 5.75. The van der Waals surface area contributed by atoms with Crippen molar-refractivity contribution in [3.63, 3.8) is 0 Å². The van der Waals surface area contributed by atoms with E-state index in [1.54, 1.807) is 0 Å². The molecule has 2 aromatic rings. The SMILES string of the molecule is Cn1c(C2CCCO2)nc2c(CN)cccc21. The van der Waals surface area contributed by atoms with Gasteiger partial charge in [0.15, 0.2) is 0 Å². The van der Waals surface area contributed by atoms with E-state index in [0.29, 0.717) is 6.54 Å². The third-order valence-electron chi connectivity index (χ3n) is 3.47. The van der Waals surface area contributed by atoms with Crippen molar-refractivity contribution in [2.45, 2.75) is 25.5 Å². The average molecular weight is 231 g/mol. The molecule has 0 radical (unpaired) electrons. The summed E-state index contributed by atoms with van der Waals surface area (Å²) in [5.74, 6) is 1.03. The molecule has 1 aliphatic rings. The Labute approximate surface area is 100 Å². The maximum Gasteiger partial charge on any atom is 0.138 e. The van der Waals surface area contributed by atoms with Crippen LogP contribution in [0.1, 0.15) is 30.3 Å². The molecule has 1 aliphatic heterocycles.